The van der Waals surface area contributed by atoms with E-state index in [1.54, 1.807) is 0 Å². The third-order valence-corrected chi connectivity index (χ3v) is 3.95. The summed E-state index contributed by atoms with van der Waals surface area (Å²) in [6.45, 7) is 6.01. The first-order valence-electron chi connectivity index (χ1n) is 7.71. The van der Waals surface area contributed by atoms with Crippen LogP contribution in [0, 0.1) is 12.8 Å². The van der Waals surface area contributed by atoms with Crippen molar-refractivity contribution in [2.24, 2.45) is 5.92 Å². The Bertz CT molecular complexity index is 496. The van der Waals surface area contributed by atoms with Crippen LogP contribution in [0.15, 0.2) is 24.3 Å². The topological polar surface area (TPSA) is 49.4 Å². The summed E-state index contributed by atoms with van der Waals surface area (Å²) in [7, 11) is 0. The third-order valence-electron chi connectivity index (χ3n) is 3.95. The molecule has 1 heterocycles. The Morgan fingerprint density at radius 2 is 2.05 bits per heavy atom. The molecule has 1 fully saturated rings. The molecule has 4 nitrogen and oxygen atoms in total. The van der Waals surface area contributed by atoms with Gasteiger partial charge in [0.25, 0.3) is 0 Å². The van der Waals surface area contributed by atoms with Crippen LogP contribution < -0.4 is 5.32 Å². The van der Waals surface area contributed by atoms with Crippen LogP contribution in [0.4, 0.5) is 0 Å². The molecule has 0 radical (unpaired) electrons. The summed E-state index contributed by atoms with van der Waals surface area (Å²) < 4.78 is 0. The fraction of sp³-hybridized carbons (Fsp3) is 0.529. The summed E-state index contributed by atoms with van der Waals surface area (Å²) in [6.07, 6.45) is 2.42. The van der Waals surface area contributed by atoms with E-state index in [4.69, 9.17) is 0 Å². The summed E-state index contributed by atoms with van der Waals surface area (Å²) in [5.41, 5.74) is 2.29. The molecule has 2 amide bonds. The van der Waals surface area contributed by atoms with Crippen LogP contribution in [-0.4, -0.2) is 29.8 Å². The van der Waals surface area contributed by atoms with Gasteiger partial charge in [-0.05, 0) is 18.9 Å². The van der Waals surface area contributed by atoms with E-state index in [2.05, 4.69) is 12.2 Å². The SMILES string of the molecule is CCCCN1C[C@H](C(=O)NCc2ccc(C)cc2)CC1=O. The second kappa shape index (κ2) is 7.25. The van der Waals surface area contributed by atoms with Crippen molar-refractivity contribution in [3.63, 3.8) is 0 Å². The van der Waals surface area contributed by atoms with Crippen molar-refractivity contribution in [1.82, 2.24) is 10.2 Å². The highest BCUT2D eigenvalue weighted by Crippen LogP contribution is 2.18. The summed E-state index contributed by atoms with van der Waals surface area (Å²) in [4.78, 5) is 25.8. The van der Waals surface area contributed by atoms with Gasteiger partial charge in [0, 0.05) is 26.1 Å². The van der Waals surface area contributed by atoms with Gasteiger partial charge in [0.2, 0.25) is 11.8 Å². The third kappa shape index (κ3) is 4.31. The number of benzene rings is 1. The van der Waals surface area contributed by atoms with Crippen LogP contribution in [0.2, 0.25) is 0 Å². The Morgan fingerprint density at radius 1 is 1.33 bits per heavy atom. The Morgan fingerprint density at radius 3 is 2.71 bits per heavy atom. The Hall–Kier alpha value is -1.84. The summed E-state index contributed by atoms with van der Waals surface area (Å²) >= 11 is 0. The zero-order valence-electron chi connectivity index (χ0n) is 12.9. The molecule has 21 heavy (non-hydrogen) atoms. The van der Waals surface area contributed by atoms with Gasteiger partial charge in [0.1, 0.15) is 0 Å². The molecule has 0 bridgehead atoms. The summed E-state index contributed by atoms with van der Waals surface area (Å²) in [6, 6.07) is 8.10. The van der Waals surface area contributed by atoms with Gasteiger partial charge in [-0.15, -0.1) is 0 Å². The Kier molecular flexibility index (Phi) is 5.37. The van der Waals surface area contributed by atoms with Gasteiger partial charge in [-0.3, -0.25) is 9.59 Å². The highest BCUT2D eigenvalue weighted by atomic mass is 16.2. The number of unbranched alkanes of at least 4 members (excludes halogenated alkanes) is 1. The average Bonchev–Trinajstić information content (AvgIpc) is 2.85. The fourth-order valence-corrected chi connectivity index (χ4v) is 2.55. The van der Waals surface area contributed by atoms with Crippen molar-refractivity contribution in [2.75, 3.05) is 13.1 Å². The number of hydrogen-bond acceptors (Lipinski definition) is 2. The number of nitrogens with zero attached hydrogens (tertiary/aromatic N) is 1. The first kappa shape index (κ1) is 15.5. The molecule has 0 aromatic heterocycles. The maximum Gasteiger partial charge on any atom is 0.225 e. The molecule has 1 saturated heterocycles. The molecular weight excluding hydrogens is 264 g/mol. The predicted molar refractivity (Wildman–Crippen MR) is 82.6 cm³/mol. The maximum absolute atomic E-state index is 12.2. The van der Waals surface area contributed by atoms with Gasteiger partial charge in [-0.25, -0.2) is 0 Å². The smallest absolute Gasteiger partial charge is 0.225 e. The predicted octanol–water partition coefficient (Wildman–Crippen LogP) is 2.26. The largest absolute Gasteiger partial charge is 0.352 e. The minimum atomic E-state index is -0.195. The van der Waals surface area contributed by atoms with E-state index < -0.39 is 0 Å². The summed E-state index contributed by atoms with van der Waals surface area (Å²) in [5, 5.41) is 2.94. The van der Waals surface area contributed by atoms with E-state index in [0.717, 1.165) is 24.9 Å². The molecule has 1 aliphatic heterocycles. The van der Waals surface area contributed by atoms with Gasteiger partial charge >= 0.3 is 0 Å². The van der Waals surface area contributed by atoms with Crippen LogP contribution in [-0.2, 0) is 16.1 Å². The van der Waals surface area contributed by atoms with E-state index >= 15 is 0 Å². The van der Waals surface area contributed by atoms with Crippen LogP contribution in [0.3, 0.4) is 0 Å². The van der Waals surface area contributed by atoms with Gasteiger partial charge in [0.15, 0.2) is 0 Å². The van der Waals surface area contributed by atoms with Crippen LogP contribution >= 0.6 is 0 Å². The van der Waals surface area contributed by atoms with Gasteiger partial charge in [0.05, 0.1) is 5.92 Å². The molecule has 114 valence electrons. The molecule has 1 aliphatic rings. The van der Waals surface area contributed by atoms with E-state index in [0.29, 0.717) is 19.5 Å². The molecule has 0 aliphatic carbocycles. The van der Waals surface area contributed by atoms with Crippen molar-refractivity contribution < 1.29 is 9.59 Å². The lowest BCUT2D eigenvalue weighted by Gasteiger charge is -2.16. The zero-order chi connectivity index (χ0) is 15.2. The molecule has 1 aromatic rings. The van der Waals surface area contributed by atoms with Gasteiger partial charge in [-0.1, -0.05) is 43.2 Å². The number of carbonyl (C=O) groups is 2. The highest BCUT2D eigenvalue weighted by Gasteiger charge is 2.33. The van der Waals surface area contributed by atoms with E-state index in [-0.39, 0.29) is 17.7 Å². The van der Waals surface area contributed by atoms with E-state index in [9.17, 15) is 9.59 Å². The first-order valence-corrected chi connectivity index (χ1v) is 7.71. The number of rotatable bonds is 6. The molecule has 1 aromatic carbocycles. The van der Waals surface area contributed by atoms with Crippen molar-refractivity contribution in [2.45, 2.75) is 39.7 Å². The number of aryl methyl sites for hydroxylation is 1. The fourth-order valence-electron chi connectivity index (χ4n) is 2.55. The number of hydrogen-bond donors (Lipinski definition) is 1. The van der Waals surface area contributed by atoms with E-state index in [1.165, 1.54) is 5.56 Å². The van der Waals surface area contributed by atoms with Crippen molar-refractivity contribution in [3.05, 3.63) is 35.4 Å². The highest BCUT2D eigenvalue weighted by molar-refractivity contribution is 5.89. The van der Waals surface area contributed by atoms with Crippen LogP contribution in [0.25, 0.3) is 0 Å². The van der Waals surface area contributed by atoms with Crippen LogP contribution in [0.1, 0.15) is 37.3 Å². The second-order valence-electron chi connectivity index (χ2n) is 5.80. The number of nitrogens with one attached hydrogen (secondary N) is 1. The number of amides is 2. The maximum atomic E-state index is 12.2. The zero-order valence-corrected chi connectivity index (χ0v) is 12.9. The molecule has 0 spiro atoms. The molecule has 0 unspecified atom stereocenters. The van der Waals surface area contributed by atoms with Crippen molar-refractivity contribution in [3.8, 4) is 0 Å². The minimum Gasteiger partial charge on any atom is -0.352 e. The normalized spacial score (nSPS) is 18.1. The first-order chi connectivity index (χ1) is 10.1. The molecule has 0 saturated carbocycles. The molecule has 1 N–H and O–H groups in total. The van der Waals surface area contributed by atoms with Crippen molar-refractivity contribution in [1.29, 1.82) is 0 Å². The average molecular weight is 288 g/mol. The lowest BCUT2D eigenvalue weighted by atomic mass is 10.1. The molecule has 1 atom stereocenters. The monoisotopic (exact) mass is 288 g/mol. The molecule has 4 heteroatoms. The Balaban J connectivity index is 1.81. The van der Waals surface area contributed by atoms with Crippen molar-refractivity contribution >= 4 is 11.8 Å². The van der Waals surface area contributed by atoms with Gasteiger partial charge < -0.3 is 10.2 Å². The lowest BCUT2D eigenvalue weighted by molar-refractivity contribution is -0.129. The number of carbonyl (C=O) groups excluding carboxylic acids is 2. The standard InChI is InChI=1S/C17H24N2O2/c1-3-4-9-19-12-15(10-16(19)20)17(21)18-11-14-7-5-13(2)6-8-14/h5-8,15H,3-4,9-12H2,1-2H3,(H,18,21)/t15-/m1/s1. The summed E-state index contributed by atoms with van der Waals surface area (Å²) in [5.74, 6) is -0.0957. The molecule has 2 rings (SSSR count). The lowest BCUT2D eigenvalue weighted by Crippen LogP contribution is -2.32. The molecular formula is C17H24N2O2. The quantitative estimate of drug-likeness (QED) is 0.873. The van der Waals surface area contributed by atoms with E-state index in [1.807, 2.05) is 36.1 Å². The minimum absolute atomic E-state index is 0.0112. The number of likely N-dealkylation sites (tertiary alicyclic amines) is 1. The second-order valence-corrected chi connectivity index (χ2v) is 5.80. The van der Waals surface area contributed by atoms with Crippen LogP contribution in [0.5, 0.6) is 0 Å². The van der Waals surface area contributed by atoms with Gasteiger partial charge in [-0.2, -0.15) is 0 Å². The Labute approximate surface area is 126 Å².